The second-order valence-electron chi connectivity index (χ2n) is 3.79. The lowest BCUT2D eigenvalue weighted by Crippen LogP contribution is -2.43. The van der Waals surface area contributed by atoms with E-state index < -0.39 is 5.54 Å². The zero-order valence-electron chi connectivity index (χ0n) is 7.59. The number of carbonyl (C=O) groups excluding carboxylic acids is 1. The summed E-state index contributed by atoms with van der Waals surface area (Å²) in [5.41, 5.74) is 7.34. The van der Waals surface area contributed by atoms with Gasteiger partial charge in [0.2, 0.25) is 0 Å². The predicted molar refractivity (Wildman–Crippen MR) is 45.1 cm³/mol. The Morgan fingerprint density at radius 1 is 1.67 bits per heavy atom. The van der Waals surface area contributed by atoms with Crippen molar-refractivity contribution in [2.24, 2.45) is 11.7 Å². The third-order valence-corrected chi connectivity index (χ3v) is 1.82. The molecular formula is C8H16N2O2. The maximum Gasteiger partial charge on any atom is 0.263 e. The van der Waals surface area contributed by atoms with Gasteiger partial charge in [-0.05, 0) is 18.8 Å². The van der Waals surface area contributed by atoms with Crippen molar-refractivity contribution in [3.8, 4) is 0 Å². The van der Waals surface area contributed by atoms with Gasteiger partial charge in [-0.15, -0.1) is 0 Å². The van der Waals surface area contributed by atoms with Crippen molar-refractivity contribution < 1.29 is 9.63 Å². The molecule has 1 rings (SSSR count). The average molecular weight is 172 g/mol. The Kier molecular flexibility index (Phi) is 2.69. The molecule has 1 aliphatic rings. The van der Waals surface area contributed by atoms with E-state index in [1.54, 1.807) is 0 Å². The number of hydrogen-bond donors (Lipinski definition) is 2. The van der Waals surface area contributed by atoms with Crippen LogP contribution in [0.3, 0.4) is 0 Å². The normalized spacial score (nSPS) is 19.3. The molecule has 0 heterocycles. The van der Waals surface area contributed by atoms with Gasteiger partial charge in [-0.3, -0.25) is 9.63 Å². The smallest absolute Gasteiger partial charge is 0.263 e. The van der Waals surface area contributed by atoms with Crippen LogP contribution in [0.2, 0.25) is 0 Å². The van der Waals surface area contributed by atoms with Crippen LogP contribution in [0, 0.1) is 5.92 Å². The molecule has 0 aromatic heterocycles. The summed E-state index contributed by atoms with van der Waals surface area (Å²) < 4.78 is 0. The van der Waals surface area contributed by atoms with Crippen molar-refractivity contribution in [1.29, 1.82) is 0 Å². The van der Waals surface area contributed by atoms with E-state index in [1.165, 1.54) is 0 Å². The van der Waals surface area contributed by atoms with Crippen LogP contribution in [-0.2, 0) is 9.63 Å². The van der Waals surface area contributed by atoms with E-state index in [0.29, 0.717) is 12.5 Å². The average Bonchev–Trinajstić information content (AvgIpc) is 2.68. The number of amides is 1. The summed E-state index contributed by atoms with van der Waals surface area (Å²) in [4.78, 5) is 16.1. The molecule has 0 saturated heterocycles. The molecular weight excluding hydrogens is 156 g/mol. The summed E-state index contributed by atoms with van der Waals surface area (Å²) in [7, 11) is 0. The highest BCUT2D eigenvalue weighted by Crippen LogP contribution is 2.31. The first-order valence-electron chi connectivity index (χ1n) is 4.26. The Morgan fingerprint density at radius 3 is 2.67 bits per heavy atom. The van der Waals surface area contributed by atoms with Gasteiger partial charge in [0, 0.05) is 0 Å². The molecule has 1 saturated carbocycles. The van der Waals surface area contributed by atoms with E-state index in [4.69, 9.17) is 10.6 Å². The summed E-state index contributed by atoms with van der Waals surface area (Å²) in [5.74, 6) is 0.223. The molecule has 0 spiro atoms. The molecule has 3 N–H and O–H groups in total. The van der Waals surface area contributed by atoms with Gasteiger partial charge < -0.3 is 5.73 Å². The van der Waals surface area contributed by atoms with Crippen molar-refractivity contribution in [2.45, 2.75) is 32.2 Å². The molecule has 0 aromatic rings. The molecule has 0 atom stereocenters. The molecule has 1 aliphatic carbocycles. The Hall–Kier alpha value is -0.610. The Bertz CT molecular complexity index is 176. The number of hydrogen-bond acceptors (Lipinski definition) is 3. The Labute approximate surface area is 72.4 Å². The van der Waals surface area contributed by atoms with Gasteiger partial charge in [0.15, 0.2) is 0 Å². The first-order valence-corrected chi connectivity index (χ1v) is 4.26. The van der Waals surface area contributed by atoms with Crippen LogP contribution in [0.5, 0.6) is 0 Å². The van der Waals surface area contributed by atoms with Crippen molar-refractivity contribution in [3.05, 3.63) is 0 Å². The number of rotatable bonds is 4. The Balaban J connectivity index is 2.11. The van der Waals surface area contributed by atoms with Crippen LogP contribution in [0.25, 0.3) is 0 Å². The van der Waals surface area contributed by atoms with Crippen LogP contribution in [0.1, 0.15) is 26.7 Å². The number of nitrogens with one attached hydrogen (secondary N) is 1. The summed E-state index contributed by atoms with van der Waals surface area (Å²) in [5, 5.41) is 0. The number of carbonyl (C=O) groups is 1. The third-order valence-electron chi connectivity index (χ3n) is 1.82. The monoisotopic (exact) mass is 172 g/mol. The van der Waals surface area contributed by atoms with E-state index in [9.17, 15) is 4.79 Å². The van der Waals surface area contributed by atoms with E-state index >= 15 is 0 Å². The molecule has 4 heteroatoms. The fourth-order valence-corrected chi connectivity index (χ4v) is 0.737. The molecule has 1 fully saturated rings. The standard InChI is InChI=1S/C8H16N2O2/c1-6(2)5-12-10-7(11)8(9)3-4-8/h6H,3-5,9H2,1-2H3,(H,10,11). The van der Waals surface area contributed by atoms with Gasteiger partial charge in [-0.25, -0.2) is 5.48 Å². The van der Waals surface area contributed by atoms with Crippen LogP contribution in [-0.4, -0.2) is 18.1 Å². The summed E-state index contributed by atoms with van der Waals surface area (Å²) in [6, 6.07) is 0. The predicted octanol–water partition coefficient (Wildman–Crippen LogP) is 0.181. The van der Waals surface area contributed by atoms with Gasteiger partial charge >= 0.3 is 0 Å². The minimum atomic E-state index is -0.628. The van der Waals surface area contributed by atoms with Gasteiger partial charge in [-0.1, -0.05) is 13.8 Å². The van der Waals surface area contributed by atoms with Gasteiger partial charge in [0.1, 0.15) is 0 Å². The molecule has 0 radical (unpaired) electrons. The maximum absolute atomic E-state index is 11.1. The first-order chi connectivity index (χ1) is 5.54. The van der Waals surface area contributed by atoms with Crippen LogP contribution in [0.15, 0.2) is 0 Å². The quantitative estimate of drug-likeness (QED) is 0.595. The second kappa shape index (κ2) is 3.41. The fraction of sp³-hybridized carbons (Fsp3) is 0.875. The first kappa shape index (κ1) is 9.48. The van der Waals surface area contributed by atoms with Gasteiger partial charge in [-0.2, -0.15) is 0 Å². The lowest BCUT2D eigenvalue weighted by Gasteiger charge is -2.10. The molecule has 1 amide bonds. The minimum absolute atomic E-state index is 0.192. The highest BCUT2D eigenvalue weighted by Gasteiger charge is 2.46. The molecule has 12 heavy (non-hydrogen) atoms. The number of hydroxylamine groups is 1. The number of nitrogens with two attached hydrogens (primary N) is 1. The molecule has 0 aromatic carbocycles. The van der Waals surface area contributed by atoms with Crippen LogP contribution in [0.4, 0.5) is 0 Å². The zero-order chi connectivity index (χ0) is 9.19. The fourth-order valence-electron chi connectivity index (χ4n) is 0.737. The summed E-state index contributed by atoms with van der Waals surface area (Å²) >= 11 is 0. The highest BCUT2D eigenvalue weighted by atomic mass is 16.7. The highest BCUT2D eigenvalue weighted by molar-refractivity contribution is 5.88. The Morgan fingerprint density at radius 2 is 2.25 bits per heavy atom. The second-order valence-corrected chi connectivity index (χ2v) is 3.79. The molecule has 70 valence electrons. The third kappa shape index (κ3) is 2.46. The molecule has 0 aliphatic heterocycles. The molecule has 0 bridgehead atoms. The molecule has 4 nitrogen and oxygen atoms in total. The maximum atomic E-state index is 11.1. The van der Waals surface area contributed by atoms with E-state index in [1.807, 2.05) is 13.8 Å². The van der Waals surface area contributed by atoms with Gasteiger partial charge in [0.05, 0.1) is 12.1 Å². The van der Waals surface area contributed by atoms with Crippen molar-refractivity contribution in [1.82, 2.24) is 5.48 Å². The largest absolute Gasteiger partial charge is 0.317 e. The topological polar surface area (TPSA) is 64.3 Å². The van der Waals surface area contributed by atoms with Crippen molar-refractivity contribution in [3.63, 3.8) is 0 Å². The SMILES string of the molecule is CC(C)CONC(=O)C1(N)CC1. The minimum Gasteiger partial charge on any atom is -0.317 e. The lowest BCUT2D eigenvalue weighted by molar-refractivity contribution is -0.136. The van der Waals surface area contributed by atoms with Crippen molar-refractivity contribution in [2.75, 3.05) is 6.61 Å². The van der Waals surface area contributed by atoms with Crippen LogP contribution >= 0.6 is 0 Å². The molecule has 0 unspecified atom stereocenters. The van der Waals surface area contributed by atoms with E-state index in [-0.39, 0.29) is 5.91 Å². The summed E-state index contributed by atoms with van der Waals surface area (Å²) in [6.45, 7) is 4.56. The van der Waals surface area contributed by atoms with Crippen LogP contribution < -0.4 is 11.2 Å². The van der Waals surface area contributed by atoms with E-state index in [2.05, 4.69) is 5.48 Å². The van der Waals surface area contributed by atoms with E-state index in [0.717, 1.165) is 12.8 Å². The summed E-state index contributed by atoms with van der Waals surface area (Å²) in [6.07, 6.45) is 1.54. The van der Waals surface area contributed by atoms with Crippen molar-refractivity contribution >= 4 is 5.91 Å². The zero-order valence-corrected chi connectivity index (χ0v) is 7.59. The lowest BCUT2D eigenvalue weighted by atomic mass is 10.2. The van der Waals surface area contributed by atoms with Gasteiger partial charge in [0.25, 0.3) is 5.91 Å².